The molecule has 1 aromatic rings. The average Bonchev–Trinajstić information content (AvgIpc) is 2.68. The van der Waals surface area contributed by atoms with Crippen LogP contribution in [0, 0.1) is 0 Å². The van der Waals surface area contributed by atoms with Crippen LogP contribution in [0.1, 0.15) is 16.8 Å². The van der Waals surface area contributed by atoms with Gasteiger partial charge in [-0.1, -0.05) is 0 Å². The minimum atomic E-state index is -0.297. The van der Waals surface area contributed by atoms with Crippen molar-refractivity contribution in [1.82, 2.24) is 10.6 Å². The van der Waals surface area contributed by atoms with Gasteiger partial charge in [0.25, 0.3) is 5.91 Å². The van der Waals surface area contributed by atoms with Crippen LogP contribution in [-0.4, -0.2) is 29.5 Å². The Balaban J connectivity index is 2.04. The van der Waals surface area contributed by atoms with E-state index < -0.39 is 0 Å². The van der Waals surface area contributed by atoms with Crippen LogP contribution in [0.15, 0.2) is 22.7 Å². The molecule has 17 heavy (non-hydrogen) atoms. The lowest BCUT2D eigenvalue weighted by Gasteiger charge is -2.10. The molecular weight excluding hydrogens is 288 g/mol. The summed E-state index contributed by atoms with van der Waals surface area (Å²) in [5.74, 6) is -0.346. The first kappa shape index (κ1) is 11.9. The third-order valence-electron chi connectivity index (χ3n) is 2.52. The Morgan fingerprint density at radius 3 is 2.88 bits per heavy atom. The molecule has 1 unspecified atom stereocenters. The second-order valence-electron chi connectivity index (χ2n) is 3.84. The van der Waals surface area contributed by atoms with Crippen molar-refractivity contribution in [2.45, 2.75) is 12.5 Å². The van der Waals surface area contributed by atoms with Crippen molar-refractivity contribution in [3.8, 4) is 5.75 Å². The number of rotatable bonds is 2. The molecule has 1 saturated heterocycles. The summed E-state index contributed by atoms with van der Waals surface area (Å²) in [6.45, 7) is 0.451. The Kier molecular flexibility index (Phi) is 3.33. The number of carbonyl (C=O) groups excluding carboxylic acids is 2. The second-order valence-corrected chi connectivity index (χ2v) is 4.70. The highest BCUT2D eigenvalue weighted by molar-refractivity contribution is 9.10. The fourth-order valence-electron chi connectivity index (χ4n) is 1.63. The monoisotopic (exact) mass is 298 g/mol. The fourth-order valence-corrected chi connectivity index (χ4v) is 1.88. The Bertz CT molecular complexity index is 476. The maximum atomic E-state index is 11.8. The van der Waals surface area contributed by atoms with Crippen molar-refractivity contribution in [3.63, 3.8) is 0 Å². The largest absolute Gasteiger partial charge is 0.507 e. The molecule has 2 amide bonds. The molecule has 0 saturated carbocycles. The van der Waals surface area contributed by atoms with E-state index in [1.807, 2.05) is 0 Å². The molecule has 1 atom stereocenters. The highest BCUT2D eigenvalue weighted by Gasteiger charge is 2.23. The van der Waals surface area contributed by atoms with Crippen LogP contribution in [0.5, 0.6) is 5.75 Å². The van der Waals surface area contributed by atoms with Gasteiger partial charge in [-0.2, -0.15) is 0 Å². The lowest BCUT2D eigenvalue weighted by atomic mass is 10.1. The Hall–Kier alpha value is -1.56. The highest BCUT2D eigenvalue weighted by atomic mass is 79.9. The summed E-state index contributed by atoms with van der Waals surface area (Å²) >= 11 is 3.14. The first-order valence-corrected chi connectivity index (χ1v) is 5.91. The zero-order chi connectivity index (χ0) is 12.4. The lowest BCUT2D eigenvalue weighted by Crippen LogP contribution is -2.36. The van der Waals surface area contributed by atoms with Gasteiger partial charge in [-0.05, 0) is 34.1 Å². The quantitative estimate of drug-likeness (QED) is 0.755. The molecule has 1 aliphatic rings. The van der Waals surface area contributed by atoms with Crippen LogP contribution in [-0.2, 0) is 4.79 Å². The molecule has 0 aromatic heterocycles. The first-order valence-electron chi connectivity index (χ1n) is 5.12. The van der Waals surface area contributed by atoms with Crippen LogP contribution < -0.4 is 10.6 Å². The number of hydrogen-bond acceptors (Lipinski definition) is 3. The van der Waals surface area contributed by atoms with E-state index in [-0.39, 0.29) is 23.6 Å². The Morgan fingerprint density at radius 2 is 2.29 bits per heavy atom. The fraction of sp³-hybridized carbons (Fsp3) is 0.273. The van der Waals surface area contributed by atoms with E-state index in [0.717, 1.165) is 0 Å². The maximum Gasteiger partial charge on any atom is 0.251 e. The number of amides is 2. The molecule has 6 heteroatoms. The van der Waals surface area contributed by atoms with Gasteiger partial charge in [-0.15, -0.1) is 0 Å². The molecule has 0 spiro atoms. The molecular formula is C11H11BrN2O3. The maximum absolute atomic E-state index is 11.8. The van der Waals surface area contributed by atoms with Gasteiger partial charge >= 0.3 is 0 Å². The third kappa shape index (κ3) is 2.76. The summed E-state index contributed by atoms with van der Waals surface area (Å²) in [7, 11) is 0. The van der Waals surface area contributed by atoms with E-state index in [1.165, 1.54) is 6.07 Å². The van der Waals surface area contributed by atoms with Crippen LogP contribution in [0.3, 0.4) is 0 Å². The predicted molar refractivity (Wildman–Crippen MR) is 64.7 cm³/mol. The number of phenolic OH excluding ortho intramolecular Hbond substituents is 1. The first-order chi connectivity index (χ1) is 8.06. The standard InChI is InChI=1S/C11H11BrN2O3/c12-8-2-1-6(3-9(8)15)11(17)14-7-4-10(16)13-5-7/h1-3,7,15H,4-5H2,(H,13,16)(H,14,17). The van der Waals surface area contributed by atoms with Gasteiger partial charge in [0.05, 0.1) is 10.5 Å². The molecule has 1 heterocycles. The van der Waals surface area contributed by atoms with E-state index in [0.29, 0.717) is 23.0 Å². The molecule has 1 aliphatic heterocycles. The molecule has 3 N–H and O–H groups in total. The molecule has 2 rings (SSSR count). The summed E-state index contributed by atoms with van der Waals surface area (Å²) in [5, 5.41) is 14.8. The van der Waals surface area contributed by atoms with E-state index in [4.69, 9.17) is 0 Å². The summed E-state index contributed by atoms with van der Waals surface area (Å²) in [6, 6.07) is 4.40. The number of hydrogen-bond donors (Lipinski definition) is 3. The molecule has 1 fully saturated rings. The summed E-state index contributed by atoms with van der Waals surface area (Å²) in [6.07, 6.45) is 0.300. The number of benzene rings is 1. The van der Waals surface area contributed by atoms with E-state index in [1.54, 1.807) is 12.1 Å². The van der Waals surface area contributed by atoms with Crippen molar-refractivity contribution in [2.75, 3.05) is 6.54 Å². The topological polar surface area (TPSA) is 78.4 Å². The number of nitrogens with one attached hydrogen (secondary N) is 2. The second kappa shape index (κ2) is 4.75. The number of aromatic hydroxyl groups is 1. The summed E-state index contributed by atoms with van der Waals surface area (Å²) in [5.41, 5.74) is 0.366. The number of halogens is 1. The lowest BCUT2D eigenvalue weighted by molar-refractivity contribution is -0.119. The van der Waals surface area contributed by atoms with Crippen molar-refractivity contribution >= 4 is 27.7 Å². The van der Waals surface area contributed by atoms with Crippen LogP contribution in [0.2, 0.25) is 0 Å². The Labute approximate surface area is 106 Å². The zero-order valence-electron chi connectivity index (χ0n) is 8.87. The van der Waals surface area contributed by atoms with Crippen LogP contribution in [0.25, 0.3) is 0 Å². The molecule has 1 aromatic carbocycles. The minimum absolute atomic E-state index is 0.0123. The highest BCUT2D eigenvalue weighted by Crippen LogP contribution is 2.24. The van der Waals surface area contributed by atoms with E-state index >= 15 is 0 Å². The zero-order valence-corrected chi connectivity index (χ0v) is 10.5. The van der Waals surface area contributed by atoms with Crippen LogP contribution in [0.4, 0.5) is 0 Å². The van der Waals surface area contributed by atoms with Crippen LogP contribution >= 0.6 is 15.9 Å². The van der Waals surface area contributed by atoms with E-state index in [2.05, 4.69) is 26.6 Å². The van der Waals surface area contributed by atoms with Crippen molar-refractivity contribution < 1.29 is 14.7 Å². The molecule has 5 nitrogen and oxygen atoms in total. The Morgan fingerprint density at radius 1 is 1.53 bits per heavy atom. The van der Waals surface area contributed by atoms with Gasteiger partial charge < -0.3 is 15.7 Å². The van der Waals surface area contributed by atoms with Crippen molar-refractivity contribution in [3.05, 3.63) is 28.2 Å². The third-order valence-corrected chi connectivity index (χ3v) is 3.19. The molecule has 0 bridgehead atoms. The van der Waals surface area contributed by atoms with Gasteiger partial charge in [0.2, 0.25) is 5.91 Å². The average molecular weight is 299 g/mol. The van der Waals surface area contributed by atoms with Crippen molar-refractivity contribution in [1.29, 1.82) is 0 Å². The van der Waals surface area contributed by atoms with Gasteiger partial charge in [0.15, 0.2) is 0 Å². The van der Waals surface area contributed by atoms with Gasteiger partial charge in [-0.25, -0.2) is 0 Å². The van der Waals surface area contributed by atoms with Crippen molar-refractivity contribution in [2.24, 2.45) is 0 Å². The SMILES string of the molecule is O=C1CC(NC(=O)c2ccc(Br)c(O)c2)CN1. The molecule has 0 aliphatic carbocycles. The van der Waals surface area contributed by atoms with Gasteiger partial charge in [0.1, 0.15) is 5.75 Å². The smallest absolute Gasteiger partial charge is 0.251 e. The van der Waals surface area contributed by atoms with E-state index in [9.17, 15) is 14.7 Å². The van der Waals surface area contributed by atoms with Gasteiger partial charge in [0, 0.05) is 18.5 Å². The summed E-state index contributed by atoms with van der Waals surface area (Å²) < 4.78 is 0.534. The molecule has 90 valence electrons. The van der Waals surface area contributed by atoms with Gasteiger partial charge in [-0.3, -0.25) is 9.59 Å². The summed E-state index contributed by atoms with van der Waals surface area (Å²) in [4.78, 5) is 22.8. The number of phenols is 1. The normalized spacial score (nSPS) is 18.9. The number of carbonyl (C=O) groups is 2. The predicted octanol–water partition coefficient (Wildman–Crippen LogP) is 0.773. The minimum Gasteiger partial charge on any atom is -0.507 e. The molecule has 0 radical (unpaired) electrons.